The van der Waals surface area contributed by atoms with E-state index in [9.17, 15) is 35.9 Å². The Kier molecular flexibility index (Phi) is 8.65. The molecule has 1 amide bonds. The summed E-state index contributed by atoms with van der Waals surface area (Å²) in [7, 11) is 0. The molecule has 1 aliphatic heterocycles. The van der Waals surface area contributed by atoms with Crippen molar-refractivity contribution in [1.82, 2.24) is 4.90 Å². The minimum Gasteiger partial charge on any atom is -0.459 e. The summed E-state index contributed by atoms with van der Waals surface area (Å²) >= 11 is 0. The SMILES string of the molecule is CC(C)(C)OC(=O)N1CC(OCc2cccc(C(F)(F)F)c2)CC1C(=O)OCc1cccc(C(F)(F)F)c1. The molecule has 2 aromatic rings. The number of likely N-dealkylation sites (tertiary alicyclic amines) is 1. The van der Waals surface area contributed by atoms with Gasteiger partial charge in [-0.2, -0.15) is 26.3 Å². The molecule has 208 valence electrons. The summed E-state index contributed by atoms with van der Waals surface area (Å²) in [6, 6.07) is 7.71. The van der Waals surface area contributed by atoms with Crippen LogP contribution in [-0.2, 0) is 44.6 Å². The van der Waals surface area contributed by atoms with Gasteiger partial charge in [0.15, 0.2) is 0 Å². The van der Waals surface area contributed by atoms with Crippen molar-refractivity contribution in [1.29, 1.82) is 0 Å². The summed E-state index contributed by atoms with van der Waals surface area (Å²) in [4.78, 5) is 26.7. The van der Waals surface area contributed by atoms with Crippen molar-refractivity contribution in [2.75, 3.05) is 6.54 Å². The number of ether oxygens (including phenoxy) is 3. The van der Waals surface area contributed by atoms with E-state index in [0.29, 0.717) is 0 Å². The molecular weight excluding hydrogens is 520 g/mol. The van der Waals surface area contributed by atoms with Crippen LogP contribution < -0.4 is 0 Å². The average molecular weight is 547 g/mol. The number of benzene rings is 2. The second kappa shape index (κ2) is 11.2. The smallest absolute Gasteiger partial charge is 0.416 e. The fourth-order valence-corrected chi connectivity index (χ4v) is 3.80. The van der Waals surface area contributed by atoms with E-state index in [4.69, 9.17) is 14.2 Å². The fourth-order valence-electron chi connectivity index (χ4n) is 3.80. The lowest BCUT2D eigenvalue weighted by Crippen LogP contribution is -2.44. The van der Waals surface area contributed by atoms with Gasteiger partial charge >= 0.3 is 24.4 Å². The number of nitrogens with zero attached hydrogens (tertiary/aromatic N) is 1. The van der Waals surface area contributed by atoms with Crippen LogP contribution >= 0.6 is 0 Å². The van der Waals surface area contributed by atoms with Crippen molar-refractivity contribution >= 4 is 12.1 Å². The Morgan fingerprint density at radius 2 is 1.39 bits per heavy atom. The minimum absolute atomic E-state index is 0.0420. The van der Waals surface area contributed by atoms with Crippen molar-refractivity contribution in [3.63, 3.8) is 0 Å². The molecule has 0 aromatic heterocycles. The van der Waals surface area contributed by atoms with E-state index in [1.165, 1.54) is 24.3 Å². The number of carbonyl (C=O) groups is 2. The zero-order valence-corrected chi connectivity index (χ0v) is 20.9. The van der Waals surface area contributed by atoms with E-state index in [-0.39, 0.29) is 30.7 Å². The van der Waals surface area contributed by atoms with Gasteiger partial charge in [-0.15, -0.1) is 0 Å². The first-order chi connectivity index (χ1) is 17.5. The van der Waals surface area contributed by atoms with Crippen LogP contribution in [0.4, 0.5) is 31.1 Å². The largest absolute Gasteiger partial charge is 0.459 e. The van der Waals surface area contributed by atoms with Crippen molar-refractivity contribution in [2.45, 2.75) is 70.5 Å². The molecule has 2 unspecified atom stereocenters. The molecule has 0 aliphatic carbocycles. The molecule has 1 fully saturated rings. The number of rotatable bonds is 6. The molecular formula is C26H27F6NO5. The Labute approximate surface area is 215 Å². The maximum atomic E-state index is 13.0. The van der Waals surface area contributed by atoms with Gasteiger partial charge in [0.05, 0.1) is 30.4 Å². The van der Waals surface area contributed by atoms with E-state index < -0.39 is 59.9 Å². The van der Waals surface area contributed by atoms with Crippen molar-refractivity contribution in [3.05, 3.63) is 70.8 Å². The number of alkyl halides is 6. The maximum absolute atomic E-state index is 13.0. The van der Waals surface area contributed by atoms with Crippen LogP contribution in [0.5, 0.6) is 0 Å². The normalized spacial score (nSPS) is 18.4. The van der Waals surface area contributed by atoms with Crippen molar-refractivity contribution in [2.24, 2.45) is 0 Å². The van der Waals surface area contributed by atoms with Gasteiger partial charge in [-0.1, -0.05) is 24.3 Å². The number of carbonyl (C=O) groups excluding carboxylic acids is 2. The molecule has 1 saturated heterocycles. The van der Waals surface area contributed by atoms with Gasteiger partial charge in [-0.05, 0) is 56.2 Å². The first-order valence-electron chi connectivity index (χ1n) is 11.6. The number of halogens is 6. The van der Waals surface area contributed by atoms with Crippen molar-refractivity contribution in [3.8, 4) is 0 Å². The molecule has 0 radical (unpaired) electrons. The zero-order chi connectivity index (χ0) is 28.3. The Morgan fingerprint density at radius 1 is 0.868 bits per heavy atom. The molecule has 0 N–H and O–H groups in total. The van der Waals surface area contributed by atoms with E-state index in [1.54, 1.807) is 20.8 Å². The van der Waals surface area contributed by atoms with Crippen LogP contribution in [0.2, 0.25) is 0 Å². The predicted octanol–water partition coefficient (Wildman–Crippen LogP) is 6.36. The standard InChI is InChI=1S/C26H27F6NO5/c1-24(2,3)38-23(35)33-13-20(36-14-16-6-4-8-18(10-16)25(27,28)29)12-21(33)22(34)37-15-17-7-5-9-19(11-17)26(30,31)32/h4-11,20-21H,12-15H2,1-3H3. The molecule has 2 atom stereocenters. The lowest BCUT2D eigenvalue weighted by atomic mass is 10.1. The van der Waals surface area contributed by atoms with Gasteiger partial charge in [0.1, 0.15) is 18.2 Å². The quantitative estimate of drug-likeness (QED) is 0.311. The first kappa shape index (κ1) is 29.3. The van der Waals surface area contributed by atoms with Crippen LogP contribution in [0.25, 0.3) is 0 Å². The van der Waals surface area contributed by atoms with Gasteiger partial charge < -0.3 is 14.2 Å². The molecule has 1 aliphatic rings. The Bertz CT molecular complexity index is 1140. The van der Waals surface area contributed by atoms with E-state index in [2.05, 4.69) is 0 Å². The maximum Gasteiger partial charge on any atom is 0.416 e. The average Bonchev–Trinajstić information content (AvgIpc) is 3.24. The summed E-state index contributed by atoms with van der Waals surface area (Å²) in [5.41, 5.74) is -2.27. The first-order valence-corrected chi connectivity index (χ1v) is 11.6. The third-order valence-corrected chi connectivity index (χ3v) is 5.54. The molecule has 3 rings (SSSR count). The molecule has 1 heterocycles. The van der Waals surface area contributed by atoms with E-state index in [1.807, 2.05) is 0 Å². The minimum atomic E-state index is -4.57. The Hall–Kier alpha value is -3.28. The third-order valence-electron chi connectivity index (χ3n) is 5.54. The number of amides is 1. The van der Waals surface area contributed by atoms with Gasteiger partial charge in [0.25, 0.3) is 0 Å². The summed E-state index contributed by atoms with van der Waals surface area (Å²) < 4.78 is 94.2. The molecule has 0 bridgehead atoms. The van der Waals surface area contributed by atoms with Crippen LogP contribution in [0, 0.1) is 0 Å². The monoisotopic (exact) mass is 547 g/mol. The molecule has 12 heteroatoms. The van der Waals surface area contributed by atoms with Crippen LogP contribution in [-0.4, -0.2) is 41.3 Å². The van der Waals surface area contributed by atoms with Crippen LogP contribution in [0.1, 0.15) is 49.4 Å². The fraction of sp³-hybridized carbons (Fsp3) is 0.462. The second-order valence-electron chi connectivity index (χ2n) is 9.82. The highest BCUT2D eigenvalue weighted by Gasteiger charge is 2.43. The summed E-state index contributed by atoms with van der Waals surface area (Å²) in [5.74, 6) is -0.876. The Morgan fingerprint density at radius 3 is 1.89 bits per heavy atom. The summed E-state index contributed by atoms with van der Waals surface area (Å²) in [6.45, 7) is 4.12. The van der Waals surface area contributed by atoms with Crippen LogP contribution in [0.15, 0.2) is 48.5 Å². The third kappa shape index (κ3) is 8.11. The van der Waals surface area contributed by atoms with E-state index >= 15 is 0 Å². The lowest BCUT2D eigenvalue weighted by Gasteiger charge is -2.27. The number of hydrogen-bond donors (Lipinski definition) is 0. The topological polar surface area (TPSA) is 65.1 Å². The number of esters is 1. The molecule has 2 aromatic carbocycles. The van der Waals surface area contributed by atoms with Crippen molar-refractivity contribution < 1.29 is 50.1 Å². The predicted molar refractivity (Wildman–Crippen MR) is 123 cm³/mol. The lowest BCUT2D eigenvalue weighted by molar-refractivity contribution is -0.150. The van der Waals surface area contributed by atoms with Gasteiger partial charge in [0, 0.05) is 6.42 Å². The van der Waals surface area contributed by atoms with E-state index in [0.717, 1.165) is 29.2 Å². The molecule has 38 heavy (non-hydrogen) atoms. The molecule has 6 nitrogen and oxygen atoms in total. The summed E-state index contributed by atoms with van der Waals surface area (Å²) in [6.07, 6.45) is -10.7. The highest BCUT2D eigenvalue weighted by atomic mass is 19.4. The molecule has 0 saturated carbocycles. The Balaban J connectivity index is 1.70. The summed E-state index contributed by atoms with van der Waals surface area (Å²) in [5, 5.41) is 0. The molecule has 0 spiro atoms. The van der Waals surface area contributed by atoms with Crippen LogP contribution in [0.3, 0.4) is 0 Å². The highest BCUT2D eigenvalue weighted by Crippen LogP contribution is 2.31. The van der Waals surface area contributed by atoms with Gasteiger partial charge in [0.2, 0.25) is 0 Å². The van der Waals surface area contributed by atoms with Gasteiger partial charge in [-0.25, -0.2) is 9.59 Å². The second-order valence-corrected chi connectivity index (χ2v) is 9.82. The van der Waals surface area contributed by atoms with Gasteiger partial charge in [-0.3, -0.25) is 4.90 Å². The number of hydrogen-bond acceptors (Lipinski definition) is 5. The highest BCUT2D eigenvalue weighted by molar-refractivity contribution is 5.82. The zero-order valence-electron chi connectivity index (χ0n) is 20.9.